The second-order valence-electron chi connectivity index (χ2n) is 7.46. The number of benzene rings is 2. The molecule has 0 fully saturated rings. The summed E-state index contributed by atoms with van der Waals surface area (Å²) < 4.78 is 11.0. The maximum atomic E-state index is 12.9. The van der Waals surface area contributed by atoms with Gasteiger partial charge in [-0.3, -0.25) is 9.59 Å². The van der Waals surface area contributed by atoms with Crippen molar-refractivity contribution in [2.24, 2.45) is 0 Å². The molecule has 0 saturated carbocycles. The molecular weight excluding hydrogens is 354 g/mol. The Hall–Kier alpha value is -3.08. The van der Waals surface area contributed by atoms with Crippen molar-refractivity contribution in [3.05, 3.63) is 65.4 Å². The lowest BCUT2D eigenvalue weighted by Gasteiger charge is -2.25. The number of hydrogen-bond donors (Lipinski definition) is 0. The van der Waals surface area contributed by atoms with Crippen LogP contribution in [0, 0.1) is 6.92 Å². The number of aryl methyl sites for hydroxylation is 1. The van der Waals surface area contributed by atoms with Crippen LogP contribution in [0.1, 0.15) is 30.5 Å². The second kappa shape index (κ2) is 7.15. The smallest absolute Gasteiger partial charge is 0.311 e. The molecule has 4 rings (SSSR count). The number of carbonyl (C=O) groups is 2. The van der Waals surface area contributed by atoms with E-state index in [4.69, 9.17) is 9.15 Å². The zero-order valence-corrected chi connectivity index (χ0v) is 16.3. The Labute approximate surface area is 163 Å². The van der Waals surface area contributed by atoms with Crippen molar-refractivity contribution in [3.63, 3.8) is 0 Å². The highest BCUT2D eigenvalue weighted by Gasteiger charge is 2.34. The van der Waals surface area contributed by atoms with Crippen molar-refractivity contribution in [3.8, 4) is 0 Å². The highest BCUT2D eigenvalue weighted by molar-refractivity contribution is 6.00. The van der Waals surface area contributed by atoms with E-state index < -0.39 is 12.1 Å². The van der Waals surface area contributed by atoms with Crippen molar-refractivity contribution in [2.75, 3.05) is 4.90 Å². The standard InChI is InChI=1S/C23H23NO4/c1-14-8-9-19-18(13-27-21(19)10-14)12-22(25)28-16(3)23(26)24-15(2)11-17-6-4-5-7-20(17)24/h4-10,13,15-16H,11-12H2,1-3H3/t15-,16-/m0/s1. The molecule has 144 valence electrons. The maximum Gasteiger partial charge on any atom is 0.311 e. The molecule has 2 atom stereocenters. The van der Waals surface area contributed by atoms with E-state index in [9.17, 15) is 9.59 Å². The molecule has 0 bridgehead atoms. The molecule has 1 amide bonds. The molecule has 5 heteroatoms. The van der Waals surface area contributed by atoms with E-state index >= 15 is 0 Å². The van der Waals surface area contributed by atoms with Gasteiger partial charge in [-0.05, 0) is 50.5 Å². The summed E-state index contributed by atoms with van der Waals surface area (Å²) in [6, 6.07) is 13.8. The van der Waals surface area contributed by atoms with Crippen LogP contribution in [0.15, 0.2) is 53.1 Å². The number of esters is 1. The predicted molar refractivity (Wildman–Crippen MR) is 107 cm³/mol. The summed E-state index contributed by atoms with van der Waals surface area (Å²) in [5.41, 5.74) is 4.64. The number of carbonyl (C=O) groups excluding carboxylic acids is 2. The first-order chi connectivity index (χ1) is 13.4. The van der Waals surface area contributed by atoms with Gasteiger partial charge in [-0.15, -0.1) is 0 Å². The van der Waals surface area contributed by atoms with Gasteiger partial charge in [0.2, 0.25) is 0 Å². The summed E-state index contributed by atoms with van der Waals surface area (Å²) in [6.07, 6.45) is 1.61. The summed E-state index contributed by atoms with van der Waals surface area (Å²) >= 11 is 0. The Balaban J connectivity index is 1.45. The van der Waals surface area contributed by atoms with Gasteiger partial charge >= 0.3 is 5.97 Å². The zero-order valence-electron chi connectivity index (χ0n) is 16.3. The Morgan fingerprint density at radius 1 is 1.25 bits per heavy atom. The topological polar surface area (TPSA) is 59.8 Å². The summed E-state index contributed by atoms with van der Waals surface area (Å²) in [7, 11) is 0. The fourth-order valence-corrected chi connectivity index (χ4v) is 3.87. The molecule has 1 aliphatic heterocycles. The van der Waals surface area contributed by atoms with Crippen LogP contribution in [0.3, 0.4) is 0 Å². The van der Waals surface area contributed by atoms with Gasteiger partial charge in [0.1, 0.15) is 5.58 Å². The third-order valence-corrected chi connectivity index (χ3v) is 5.25. The van der Waals surface area contributed by atoms with Gasteiger partial charge in [0, 0.05) is 22.7 Å². The number of nitrogens with zero attached hydrogens (tertiary/aromatic N) is 1. The molecule has 0 unspecified atom stereocenters. The van der Waals surface area contributed by atoms with Gasteiger partial charge < -0.3 is 14.1 Å². The number of ether oxygens (including phenoxy) is 1. The molecule has 0 aliphatic carbocycles. The molecule has 2 aromatic carbocycles. The molecule has 2 heterocycles. The highest BCUT2D eigenvalue weighted by Crippen LogP contribution is 2.32. The SMILES string of the molecule is Cc1ccc2c(CC(=O)O[C@@H](C)C(=O)N3c4ccccc4C[C@@H]3C)coc2c1. The molecule has 1 aromatic heterocycles. The molecule has 1 aliphatic rings. The van der Waals surface area contributed by atoms with Crippen molar-refractivity contribution in [1.29, 1.82) is 0 Å². The van der Waals surface area contributed by atoms with Crippen LogP contribution in [-0.4, -0.2) is 24.0 Å². The minimum absolute atomic E-state index is 0.0482. The van der Waals surface area contributed by atoms with Crippen molar-refractivity contribution < 1.29 is 18.7 Å². The van der Waals surface area contributed by atoms with E-state index in [1.165, 1.54) is 0 Å². The predicted octanol–water partition coefficient (Wildman–Crippen LogP) is 4.19. The minimum atomic E-state index is -0.846. The van der Waals surface area contributed by atoms with Crippen LogP contribution in [0.2, 0.25) is 0 Å². The van der Waals surface area contributed by atoms with Gasteiger partial charge in [-0.25, -0.2) is 0 Å². The molecule has 5 nitrogen and oxygen atoms in total. The zero-order chi connectivity index (χ0) is 19.8. The van der Waals surface area contributed by atoms with E-state index in [0.29, 0.717) is 0 Å². The van der Waals surface area contributed by atoms with E-state index in [1.807, 2.05) is 56.3 Å². The fraction of sp³-hybridized carbons (Fsp3) is 0.304. The van der Waals surface area contributed by atoms with Crippen molar-refractivity contribution in [2.45, 2.75) is 45.8 Å². The van der Waals surface area contributed by atoms with E-state index in [0.717, 1.165) is 39.8 Å². The molecule has 3 aromatic rings. The lowest BCUT2D eigenvalue weighted by molar-refractivity contribution is -0.153. The van der Waals surface area contributed by atoms with Gasteiger partial charge in [0.15, 0.2) is 6.10 Å². The fourth-order valence-electron chi connectivity index (χ4n) is 3.87. The van der Waals surface area contributed by atoms with E-state index in [-0.39, 0.29) is 18.4 Å². The first-order valence-electron chi connectivity index (χ1n) is 9.51. The van der Waals surface area contributed by atoms with Crippen LogP contribution in [-0.2, 0) is 27.2 Å². The van der Waals surface area contributed by atoms with Crippen LogP contribution < -0.4 is 4.90 Å². The first-order valence-corrected chi connectivity index (χ1v) is 9.51. The largest absolute Gasteiger partial charge is 0.464 e. The minimum Gasteiger partial charge on any atom is -0.464 e. The Bertz CT molecular complexity index is 1050. The summed E-state index contributed by atoms with van der Waals surface area (Å²) in [5, 5.41) is 0.892. The summed E-state index contributed by atoms with van der Waals surface area (Å²) in [6.45, 7) is 5.62. The van der Waals surface area contributed by atoms with Crippen LogP contribution in [0.4, 0.5) is 5.69 Å². The third kappa shape index (κ3) is 3.28. The molecule has 0 radical (unpaired) electrons. The second-order valence-corrected chi connectivity index (χ2v) is 7.46. The number of amides is 1. The summed E-state index contributed by atoms with van der Waals surface area (Å²) in [4.78, 5) is 27.1. The van der Waals surface area contributed by atoms with Crippen molar-refractivity contribution in [1.82, 2.24) is 0 Å². The Morgan fingerprint density at radius 3 is 2.86 bits per heavy atom. The molecular formula is C23H23NO4. The number of rotatable bonds is 4. The van der Waals surface area contributed by atoms with Crippen LogP contribution in [0.5, 0.6) is 0 Å². The lowest BCUT2D eigenvalue weighted by Crippen LogP contribution is -2.43. The van der Waals surface area contributed by atoms with Gasteiger partial charge in [-0.1, -0.05) is 30.3 Å². The first kappa shape index (κ1) is 18.3. The molecule has 0 saturated heterocycles. The number of fused-ring (bicyclic) bond motifs is 2. The Kier molecular flexibility index (Phi) is 4.67. The quantitative estimate of drug-likeness (QED) is 0.640. The molecule has 0 spiro atoms. The lowest BCUT2D eigenvalue weighted by atomic mass is 10.1. The summed E-state index contributed by atoms with van der Waals surface area (Å²) in [5.74, 6) is -0.636. The van der Waals surface area contributed by atoms with Crippen molar-refractivity contribution >= 4 is 28.5 Å². The maximum absolute atomic E-state index is 12.9. The molecule has 28 heavy (non-hydrogen) atoms. The Morgan fingerprint density at radius 2 is 2.04 bits per heavy atom. The van der Waals surface area contributed by atoms with E-state index in [2.05, 4.69) is 0 Å². The molecule has 0 N–H and O–H groups in total. The van der Waals surface area contributed by atoms with Gasteiger partial charge in [0.05, 0.1) is 12.7 Å². The number of furan rings is 1. The van der Waals surface area contributed by atoms with E-state index in [1.54, 1.807) is 18.1 Å². The van der Waals surface area contributed by atoms with Gasteiger partial charge in [0.25, 0.3) is 5.91 Å². The average molecular weight is 377 g/mol. The number of para-hydroxylation sites is 1. The monoisotopic (exact) mass is 377 g/mol. The highest BCUT2D eigenvalue weighted by atomic mass is 16.5. The number of hydrogen-bond acceptors (Lipinski definition) is 4. The average Bonchev–Trinajstić information content (AvgIpc) is 3.20. The van der Waals surface area contributed by atoms with Crippen LogP contribution >= 0.6 is 0 Å². The third-order valence-electron chi connectivity index (χ3n) is 5.25. The van der Waals surface area contributed by atoms with Crippen LogP contribution in [0.25, 0.3) is 11.0 Å². The normalized spacial score (nSPS) is 16.8. The number of anilines is 1. The van der Waals surface area contributed by atoms with Gasteiger partial charge in [-0.2, -0.15) is 0 Å².